The number of nitriles is 1. The van der Waals surface area contributed by atoms with Crippen LogP contribution in [0.3, 0.4) is 0 Å². The number of nitrogens with zero attached hydrogens (tertiary/aromatic N) is 3. The number of likely N-dealkylation sites (N-methyl/N-ethyl adjacent to an activating group) is 1. The van der Waals surface area contributed by atoms with Gasteiger partial charge in [0.05, 0.1) is 0 Å². The Balaban J connectivity index is 2.27. The van der Waals surface area contributed by atoms with Crippen molar-refractivity contribution in [3.8, 4) is 6.07 Å². The molecular formula is C22H23N3O3. The van der Waals surface area contributed by atoms with E-state index in [1.54, 1.807) is 56.6 Å². The van der Waals surface area contributed by atoms with E-state index in [0.29, 0.717) is 11.1 Å². The van der Waals surface area contributed by atoms with Crippen LogP contribution in [-0.2, 0) is 14.3 Å². The lowest BCUT2D eigenvalue weighted by molar-refractivity contribution is -0.156. The summed E-state index contributed by atoms with van der Waals surface area (Å²) >= 11 is 0. The molecule has 28 heavy (non-hydrogen) atoms. The summed E-state index contributed by atoms with van der Waals surface area (Å²) in [6, 6.07) is 18.0. The third kappa shape index (κ3) is 5.21. The summed E-state index contributed by atoms with van der Waals surface area (Å²) in [6.07, 6.45) is 0.334. The number of benzene rings is 2. The fraction of sp³-hybridized carbons (Fsp3) is 0.227. The Morgan fingerprint density at radius 2 is 1.61 bits per heavy atom. The van der Waals surface area contributed by atoms with Crippen LogP contribution < -0.4 is 4.90 Å². The van der Waals surface area contributed by atoms with Crippen LogP contribution in [-0.4, -0.2) is 45.0 Å². The van der Waals surface area contributed by atoms with Crippen LogP contribution in [0.1, 0.15) is 17.2 Å². The molecule has 0 spiro atoms. The third-order valence-electron chi connectivity index (χ3n) is 4.05. The van der Waals surface area contributed by atoms with Gasteiger partial charge in [-0.1, -0.05) is 42.5 Å². The molecule has 0 saturated carbocycles. The van der Waals surface area contributed by atoms with E-state index in [0.717, 1.165) is 5.69 Å². The molecule has 0 heterocycles. The zero-order valence-corrected chi connectivity index (χ0v) is 16.4. The number of esters is 1. The Morgan fingerprint density at radius 1 is 1.00 bits per heavy atom. The molecule has 2 aromatic rings. The normalized spacial score (nSPS) is 11.9. The Labute approximate surface area is 165 Å². The average molecular weight is 377 g/mol. The van der Waals surface area contributed by atoms with E-state index >= 15 is 0 Å². The minimum Gasteiger partial charge on any atom is -0.443 e. The zero-order chi connectivity index (χ0) is 20.7. The van der Waals surface area contributed by atoms with Gasteiger partial charge in [0, 0.05) is 39.4 Å². The van der Waals surface area contributed by atoms with Gasteiger partial charge in [0.25, 0.3) is 5.91 Å². The highest BCUT2D eigenvalue weighted by Gasteiger charge is 2.27. The highest BCUT2D eigenvalue weighted by molar-refractivity contribution is 5.99. The van der Waals surface area contributed by atoms with Gasteiger partial charge in [-0.05, 0) is 23.8 Å². The van der Waals surface area contributed by atoms with Gasteiger partial charge in [-0.25, -0.2) is 4.79 Å². The molecular weight excluding hydrogens is 354 g/mol. The minimum absolute atomic E-state index is 0.176. The number of rotatable bonds is 6. The first kappa shape index (κ1) is 20.7. The topological polar surface area (TPSA) is 73.6 Å². The maximum Gasteiger partial charge on any atom is 0.350 e. The molecule has 2 rings (SSSR count). The molecule has 2 aromatic carbocycles. The molecule has 0 aliphatic carbocycles. The van der Waals surface area contributed by atoms with Crippen molar-refractivity contribution in [1.29, 1.82) is 5.26 Å². The van der Waals surface area contributed by atoms with Crippen LogP contribution in [0.5, 0.6) is 0 Å². The van der Waals surface area contributed by atoms with Crippen LogP contribution in [0.4, 0.5) is 5.69 Å². The molecule has 0 fully saturated rings. The molecule has 144 valence electrons. The number of anilines is 1. The van der Waals surface area contributed by atoms with E-state index in [1.807, 2.05) is 37.2 Å². The molecule has 0 aliphatic heterocycles. The zero-order valence-electron chi connectivity index (χ0n) is 16.4. The molecule has 1 atom stereocenters. The molecule has 0 saturated heterocycles. The van der Waals surface area contributed by atoms with E-state index in [2.05, 4.69) is 0 Å². The van der Waals surface area contributed by atoms with Gasteiger partial charge >= 0.3 is 5.97 Å². The van der Waals surface area contributed by atoms with Crippen molar-refractivity contribution < 1.29 is 14.3 Å². The second-order valence-corrected chi connectivity index (χ2v) is 6.58. The number of hydrogen-bond acceptors (Lipinski definition) is 5. The first-order valence-corrected chi connectivity index (χ1v) is 8.69. The van der Waals surface area contributed by atoms with Gasteiger partial charge < -0.3 is 14.5 Å². The number of amides is 1. The Morgan fingerprint density at radius 3 is 2.11 bits per heavy atom. The minimum atomic E-state index is -1.11. The molecule has 1 amide bonds. The number of hydrogen-bond donors (Lipinski definition) is 0. The van der Waals surface area contributed by atoms with E-state index in [4.69, 9.17) is 4.74 Å². The lowest BCUT2D eigenvalue weighted by Crippen LogP contribution is -2.31. The van der Waals surface area contributed by atoms with E-state index in [-0.39, 0.29) is 11.5 Å². The van der Waals surface area contributed by atoms with Gasteiger partial charge in [-0.2, -0.15) is 5.26 Å². The number of carbonyl (C=O) groups is 2. The van der Waals surface area contributed by atoms with E-state index in [9.17, 15) is 14.9 Å². The summed E-state index contributed by atoms with van der Waals surface area (Å²) in [5.74, 6) is -1.23. The smallest absolute Gasteiger partial charge is 0.350 e. The maximum absolute atomic E-state index is 12.6. The SMILES string of the molecule is CN(C)C(=O)[C@H](OC(=O)/C(C#N)=C/c1ccc(N(C)C)cc1)c1ccccc1. The summed E-state index contributed by atoms with van der Waals surface area (Å²) in [4.78, 5) is 28.4. The average Bonchev–Trinajstić information content (AvgIpc) is 2.70. The fourth-order valence-corrected chi connectivity index (χ4v) is 2.47. The second kappa shape index (κ2) is 9.38. The summed E-state index contributed by atoms with van der Waals surface area (Å²) in [5.41, 5.74) is 2.06. The summed E-state index contributed by atoms with van der Waals surface area (Å²) in [6.45, 7) is 0. The molecule has 0 unspecified atom stereocenters. The number of ether oxygens (including phenoxy) is 1. The molecule has 0 aliphatic rings. The summed E-state index contributed by atoms with van der Waals surface area (Å²) < 4.78 is 5.42. The Hall–Kier alpha value is -3.59. The maximum atomic E-state index is 12.6. The van der Waals surface area contributed by atoms with Crippen molar-refractivity contribution in [2.75, 3.05) is 33.1 Å². The molecule has 0 radical (unpaired) electrons. The van der Waals surface area contributed by atoms with Gasteiger partial charge in [0.1, 0.15) is 11.6 Å². The van der Waals surface area contributed by atoms with E-state index < -0.39 is 12.1 Å². The molecule has 6 nitrogen and oxygen atoms in total. The van der Waals surface area contributed by atoms with Crippen LogP contribution in [0, 0.1) is 11.3 Å². The Kier molecular flexibility index (Phi) is 6.94. The van der Waals surface area contributed by atoms with Gasteiger partial charge in [0.2, 0.25) is 6.10 Å². The molecule has 6 heteroatoms. The first-order chi connectivity index (χ1) is 13.3. The molecule has 0 N–H and O–H groups in total. The van der Waals surface area contributed by atoms with Crippen LogP contribution in [0.25, 0.3) is 6.08 Å². The largest absolute Gasteiger partial charge is 0.443 e. The number of carbonyl (C=O) groups excluding carboxylic acids is 2. The van der Waals surface area contributed by atoms with E-state index in [1.165, 1.54) is 11.0 Å². The Bertz CT molecular complexity index is 895. The first-order valence-electron chi connectivity index (χ1n) is 8.69. The lowest BCUT2D eigenvalue weighted by atomic mass is 10.1. The van der Waals surface area contributed by atoms with Gasteiger partial charge in [-0.15, -0.1) is 0 Å². The van der Waals surface area contributed by atoms with Gasteiger partial charge in [0.15, 0.2) is 0 Å². The summed E-state index contributed by atoms with van der Waals surface area (Å²) in [5, 5.41) is 9.41. The van der Waals surface area contributed by atoms with Gasteiger partial charge in [-0.3, -0.25) is 4.79 Å². The highest BCUT2D eigenvalue weighted by atomic mass is 16.5. The van der Waals surface area contributed by atoms with Crippen molar-refractivity contribution in [2.24, 2.45) is 0 Å². The monoisotopic (exact) mass is 377 g/mol. The summed E-state index contributed by atoms with van der Waals surface area (Å²) in [7, 11) is 7.02. The predicted molar refractivity (Wildman–Crippen MR) is 108 cm³/mol. The van der Waals surface area contributed by atoms with Crippen molar-refractivity contribution in [1.82, 2.24) is 4.90 Å². The van der Waals surface area contributed by atoms with Crippen molar-refractivity contribution in [3.05, 3.63) is 71.3 Å². The van der Waals surface area contributed by atoms with Crippen molar-refractivity contribution >= 4 is 23.6 Å². The molecule has 0 bridgehead atoms. The van der Waals surface area contributed by atoms with Crippen molar-refractivity contribution in [2.45, 2.75) is 6.10 Å². The second-order valence-electron chi connectivity index (χ2n) is 6.58. The van der Waals surface area contributed by atoms with Crippen LogP contribution in [0.15, 0.2) is 60.2 Å². The predicted octanol–water partition coefficient (Wildman–Crippen LogP) is 3.03. The lowest BCUT2D eigenvalue weighted by Gasteiger charge is -2.21. The quantitative estimate of drug-likeness (QED) is 0.439. The third-order valence-corrected chi connectivity index (χ3v) is 4.05. The standard InChI is InChI=1S/C22H23N3O3/c1-24(2)19-12-10-16(11-13-19)14-18(15-23)22(27)28-20(21(26)25(3)4)17-8-6-5-7-9-17/h5-14,20H,1-4H3/b18-14+/t20-/m1/s1. The fourth-order valence-electron chi connectivity index (χ4n) is 2.47. The van der Waals surface area contributed by atoms with Crippen molar-refractivity contribution in [3.63, 3.8) is 0 Å². The van der Waals surface area contributed by atoms with Crippen LogP contribution >= 0.6 is 0 Å². The molecule has 0 aromatic heterocycles. The highest BCUT2D eigenvalue weighted by Crippen LogP contribution is 2.22. The van der Waals surface area contributed by atoms with Crippen LogP contribution in [0.2, 0.25) is 0 Å².